The van der Waals surface area contributed by atoms with Crippen molar-refractivity contribution in [1.82, 2.24) is 0 Å². The van der Waals surface area contributed by atoms with E-state index in [-0.39, 0.29) is 27.9 Å². The van der Waals surface area contributed by atoms with Crippen LogP contribution in [0.3, 0.4) is 0 Å². The van der Waals surface area contributed by atoms with Crippen LogP contribution in [0.1, 0.15) is 28.4 Å². The summed E-state index contributed by atoms with van der Waals surface area (Å²) in [5.41, 5.74) is 1.56. The maximum absolute atomic E-state index is 12.5. The van der Waals surface area contributed by atoms with Crippen molar-refractivity contribution >= 4 is 47.1 Å². The van der Waals surface area contributed by atoms with Crippen LogP contribution >= 0.6 is 23.2 Å². The second-order valence-corrected chi connectivity index (χ2v) is 7.70. The van der Waals surface area contributed by atoms with Gasteiger partial charge < -0.3 is 14.2 Å². The predicted molar refractivity (Wildman–Crippen MR) is 126 cm³/mol. The molecule has 0 amide bonds. The second kappa shape index (κ2) is 9.90. The van der Waals surface area contributed by atoms with Crippen molar-refractivity contribution in [2.45, 2.75) is 6.92 Å². The number of carbonyl (C=O) groups excluding carboxylic acids is 2. The van der Waals surface area contributed by atoms with Crippen LogP contribution in [0.25, 0.3) is 6.08 Å². The number of aliphatic imine (C=N–C) groups is 1. The van der Waals surface area contributed by atoms with Gasteiger partial charge in [-0.3, -0.25) is 0 Å². The molecule has 8 heteroatoms. The summed E-state index contributed by atoms with van der Waals surface area (Å²) < 4.78 is 16.4. The first-order chi connectivity index (χ1) is 15.9. The summed E-state index contributed by atoms with van der Waals surface area (Å²) in [6.07, 6.45) is 1.56. The van der Waals surface area contributed by atoms with Gasteiger partial charge in [-0.15, -0.1) is 0 Å². The van der Waals surface area contributed by atoms with Gasteiger partial charge >= 0.3 is 11.9 Å². The van der Waals surface area contributed by atoms with E-state index in [1.807, 2.05) is 0 Å². The van der Waals surface area contributed by atoms with Crippen LogP contribution in [-0.2, 0) is 9.53 Å². The highest BCUT2D eigenvalue weighted by molar-refractivity contribution is 6.33. The topological polar surface area (TPSA) is 74.2 Å². The van der Waals surface area contributed by atoms with E-state index in [1.54, 1.807) is 79.7 Å². The SMILES string of the molecule is CCOc1cc(C=C2N=C(c3cccc(Cl)c3)OC2=O)ccc1OC(=O)c1ccccc1Cl. The molecule has 0 aromatic heterocycles. The molecule has 6 nitrogen and oxygen atoms in total. The van der Waals surface area contributed by atoms with Crippen LogP contribution in [0, 0.1) is 0 Å². The number of nitrogens with zero attached hydrogens (tertiary/aromatic N) is 1. The molecule has 3 aromatic carbocycles. The Bertz CT molecular complexity index is 1300. The number of rotatable bonds is 6. The van der Waals surface area contributed by atoms with Gasteiger partial charge in [-0.1, -0.05) is 47.5 Å². The van der Waals surface area contributed by atoms with E-state index >= 15 is 0 Å². The highest BCUT2D eigenvalue weighted by Crippen LogP contribution is 2.31. The number of carbonyl (C=O) groups is 2. The van der Waals surface area contributed by atoms with Crippen LogP contribution in [0.4, 0.5) is 0 Å². The molecule has 0 radical (unpaired) electrons. The number of hydrogen-bond acceptors (Lipinski definition) is 6. The Kier molecular flexibility index (Phi) is 6.77. The lowest BCUT2D eigenvalue weighted by atomic mass is 10.1. The molecule has 0 aliphatic carbocycles. The van der Waals surface area contributed by atoms with Crippen LogP contribution in [0.15, 0.2) is 77.4 Å². The lowest BCUT2D eigenvalue weighted by Gasteiger charge is -2.12. The van der Waals surface area contributed by atoms with E-state index in [4.69, 9.17) is 37.4 Å². The Labute approximate surface area is 200 Å². The van der Waals surface area contributed by atoms with E-state index in [1.165, 1.54) is 0 Å². The Morgan fingerprint density at radius 2 is 1.85 bits per heavy atom. The summed E-state index contributed by atoms with van der Waals surface area (Å²) in [4.78, 5) is 29.1. The highest BCUT2D eigenvalue weighted by Gasteiger charge is 2.24. The molecule has 0 fully saturated rings. The van der Waals surface area contributed by atoms with Crippen molar-refractivity contribution in [3.05, 3.63) is 99.2 Å². The van der Waals surface area contributed by atoms with Gasteiger partial charge in [0.05, 0.1) is 17.2 Å². The molecule has 0 unspecified atom stereocenters. The van der Waals surface area contributed by atoms with Crippen LogP contribution < -0.4 is 9.47 Å². The lowest BCUT2D eigenvalue weighted by molar-refractivity contribution is -0.129. The predicted octanol–water partition coefficient (Wildman–Crippen LogP) is 5.96. The first kappa shape index (κ1) is 22.6. The van der Waals surface area contributed by atoms with Crippen molar-refractivity contribution in [2.24, 2.45) is 4.99 Å². The fourth-order valence-corrected chi connectivity index (χ4v) is 3.46. The van der Waals surface area contributed by atoms with Gasteiger partial charge in [-0.25, -0.2) is 14.6 Å². The Balaban J connectivity index is 1.61. The van der Waals surface area contributed by atoms with E-state index in [0.29, 0.717) is 28.5 Å². The highest BCUT2D eigenvalue weighted by atomic mass is 35.5. The third kappa shape index (κ3) is 5.25. The quantitative estimate of drug-likeness (QED) is 0.246. The maximum atomic E-state index is 12.5. The van der Waals surface area contributed by atoms with E-state index in [0.717, 1.165) is 0 Å². The molecule has 0 atom stereocenters. The molecular weight excluding hydrogens is 465 g/mol. The summed E-state index contributed by atoms with van der Waals surface area (Å²) in [6, 6.07) is 18.4. The first-order valence-corrected chi connectivity index (χ1v) is 10.7. The number of hydrogen-bond donors (Lipinski definition) is 0. The van der Waals surface area contributed by atoms with Crippen molar-refractivity contribution in [1.29, 1.82) is 0 Å². The average molecular weight is 482 g/mol. The van der Waals surface area contributed by atoms with Gasteiger partial charge in [0.2, 0.25) is 5.90 Å². The fourth-order valence-electron chi connectivity index (χ4n) is 3.06. The summed E-state index contributed by atoms with van der Waals surface area (Å²) in [5, 5.41) is 0.793. The zero-order valence-corrected chi connectivity index (χ0v) is 18.9. The molecule has 0 N–H and O–H groups in total. The fraction of sp³-hybridized carbons (Fsp3) is 0.0800. The van der Waals surface area contributed by atoms with E-state index < -0.39 is 11.9 Å². The number of ether oxygens (including phenoxy) is 3. The van der Waals surface area contributed by atoms with Crippen LogP contribution in [0.5, 0.6) is 11.5 Å². The van der Waals surface area contributed by atoms with Crippen LogP contribution in [-0.4, -0.2) is 24.4 Å². The Morgan fingerprint density at radius 3 is 2.61 bits per heavy atom. The number of esters is 2. The summed E-state index contributed by atoms with van der Waals surface area (Å²) in [5.74, 6) is -0.470. The molecule has 1 aliphatic heterocycles. The van der Waals surface area contributed by atoms with Gasteiger partial charge in [-0.2, -0.15) is 0 Å². The summed E-state index contributed by atoms with van der Waals surface area (Å²) in [7, 11) is 0. The van der Waals surface area contributed by atoms with Gasteiger partial charge in [0.1, 0.15) is 0 Å². The molecule has 4 rings (SSSR count). The normalized spacial score (nSPS) is 14.1. The van der Waals surface area contributed by atoms with Gasteiger partial charge in [0, 0.05) is 10.6 Å². The van der Waals surface area contributed by atoms with Crippen molar-refractivity contribution in [2.75, 3.05) is 6.61 Å². The molecule has 0 saturated carbocycles. The second-order valence-electron chi connectivity index (χ2n) is 6.85. The number of halogens is 2. The van der Waals surface area contributed by atoms with E-state index in [9.17, 15) is 9.59 Å². The van der Waals surface area contributed by atoms with E-state index in [2.05, 4.69) is 4.99 Å². The van der Waals surface area contributed by atoms with Crippen molar-refractivity contribution in [3.8, 4) is 11.5 Å². The van der Waals surface area contributed by atoms with Crippen molar-refractivity contribution < 1.29 is 23.8 Å². The third-order valence-electron chi connectivity index (χ3n) is 4.56. The zero-order chi connectivity index (χ0) is 23.4. The molecule has 0 spiro atoms. The van der Waals surface area contributed by atoms with Crippen molar-refractivity contribution in [3.63, 3.8) is 0 Å². The lowest BCUT2D eigenvalue weighted by Crippen LogP contribution is -2.10. The minimum atomic E-state index is -0.609. The third-order valence-corrected chi connectivity index (χ3v) is 5.12. The molecule has 0 saturated heterocycles. The standard InChI is InChI=1S/C25H17Cl2NO5/c1-2-31-22-13-15(10-11-21(22)32-24(29)18-8-3-4-9-19(18)27)12-20-25(30)33-23(28-20)16-6-5-7-17(26)14-16/h3-14H,2H2,1H3. The first-order valence-electron chi connectivity index (χ1n) is 9.96. The Hall–Kier alpha value is -3.61. The number of benzene rings is 3. The maximum Gasteiger partial charge on any atom is 0.363 e. The molecule has 1 heterocycles. The minimum absolute atomic E-state index is 0.119. The average Bonchev–Trinajstić information content (AvgIpc) is 3.16. The Morgan fingerprint density at radius 1 is 1.03 bits per heavy atom. The van der Waals surface area contributed by atoms with Gasteiger partial charge in [0.25, 0.3) is 0 Å². The zero-order valence-electron chi connectivity index (χ0n) is 17.4. The van der Waals surface area contributed by atoms with Crippen LogP contribution in [0.2, 0.25) is 10.0 Å². The number of cyclic esters (lactones) is 1. The molecule has 166 valence electrons. The summed E-state index contributed by atoms with van der Waals surface area (Å²) in [6.45, 7) is 2.15. The summed E-state index contributed by atoms with van der Waals surface area (Å²) >= 11 is 12.1. The molecule has 3 aromatic rings. The molecule has 1 aliphatic rings. The molecule has 0 bridgehead atoms. The van der Waals surface area contributed by atoms with Gasteiger partial charge in [-0.05, 0) is 61.0 Å². The smallest absolute Gasteiger partial charge is 0.363 e. The largest absolute Gasteiger partial charge is 0.490 e. The minimum Gasteiger partial charge on any atom is -0.490 e. The molecular formula is C25H17Cl2NO5. The van der Waals surface area contributed by atoms with Gasteiger partial charge in [0.15, 0.2) is 17.2 Å². The monoisotopic (exact) mass is 481 g/mol. The molecule has 33 heavy (non-hydrogen) atoms.